The standard InChI is InChI=1S/C16H15FN4O5S.2C15H18FN5O4S/c1-27(23)6-2-5-24-15-13(18-26-20-15)14-19-25-16(22)21(14)12-7-9-3-4-10(17)8-11(9)12;2*1-26(17,23)6-2-5-24-15-13(20-25-21-15)14(19-22)18-12-7-9-3-4-10(16)8-11(9)12/h3-4,8,12H,2,5-7H2,1H3;2*3-4,8,12,17,22H,2,5-7H2,1H3,(H,18,19)/t;2*12?,26-/m.10/s1. The molecule has 0 aliphatic heterocycles. The third-order valence-corrected chi connectivity index (χ3v) is 15.1. The minimum atomic E-state index is -2.59. The number of fused-ring (bicyclic) bond motifs is 3. The van der Waals surface area contributed by atoms with Crippen molar-refractivity contribution in [3.8, 4) is 29.2 Å². The fraction of sp³-hybridized carbons (Fsp3) is 0.391. The largest absolute Gasteiger partial charge is 0.474 e. The molecule has 0 fully saturated rings. The Bertz CT molecular complexity index is 3510. The molecule has 4 heterocycles. The molecule has 6 atom stereocenters. The van der Waals surface area contributed by atoms with E-state index >= 15 is 0 Å². The number of benzene rings is 3. The van der Waals surface area contributed by atoms with Crippen LogP contribution in [0.1, 0.15) is 82.2 Å². The monoisotopic (exact) mass is 1160 g/mol. The maximum absolute atomic E-state index is 13.6. The van der Waals surface area contributed by atoms with E-state index in [9.17, 15) is 41.0 Å². The number of hydroxylamine groups is 2. The second kappa shape index (κ2) is 25.3. The van der Waals surface area contributed by atoms with Crippen molar-refractivity contribution in [3.63, 3.8) is 0 Å². The molecule has 3 aliphatic carbocycles. The Morgan fingerprint density at radius 1 is 0.684 bits per heavy atom. The van der Waals surface area contributed by atoms with Crippen LogP contribution in [0.4, 0.5) is 13.2 Å². The van der Waals surface area contributed by atoms with E-state index in [2.05, 4.69) is 55.3 Å². The Labute approximate surface area is 449 Å². The zero-order valence-corrected chi connectivity index (χ0v) is 44.6. The quantitative estimate of drug-likeness (QED) is 0.0246. The summed E-state index contributed by atoms with van der Waals surface area (Å²) >= 11 is 0. The van der Waals surface area contributed by atoms with E-state index in [-0.39, 0.29) is 113 Å². The summed E-state index contributed by atoms with van der Waals surface area (Å²) in [6.45, 7) is 0.558. The van der Waals surface area contributed by atoms with Gasteiger partial charge in [-0.3, -0.25) is 58.1 Å². The third kappa shape index (κ3) is 14.6. The second-order valence-corrected chi connectivity index (χ2v) is 24.5. The molecule has 6 N–H and O–H groups in total. The molecule has 0 spiro atoms. The number of aliphatic imine (C=N–C) groups is 2. The Morgan fingerprint density at radius 3 is 1.61 bits per heavy atom. The van der Waals surface area contributed by atoms with Crippen molar-refractivity contribution < 1.29 is 68.8 Å². The van der Waals surface area contributed by atoms with Gasteiger partial charge >= 0.3 is 5.76 Å². The van der Waals surface area contributed by atoms with Crippen molar-refractivity contribution in [2.45, 2.75) is 56.7 Å². The first-order chi connectivity index (χ1) is 37.8. The van der Waals surface area contributed by atoms with Crippen LogP contribution in [0.25, 0.3) is 11.5 Å². The van der Waals surface area contributed by atoms with Crippen LogP contribution in [0.5, 0.6) is 17.6 Å². The molecule has 422 valence electrons. The van der Waals surface area contributed by atoms with Crippen molar-refractivity contribution in [2.75, 3.05) is 55.8 Å². The Kier molecular flexibility index (Phi) is 18.3. The molecule has 0 amide bonds. The summed E-state index contributed by atoms with van der Waals surface area (Å²) in [7, 11) is -6.09. The number of ether oxygens (including phenoxy) is 3. The molecule has 10 rings (SSSR count). The summed E-state index contributed by atoms with van der Waals surface area (Å²) in [5, 5.41) is 44.5. The molecule has 33 heteroatoms. The van der Waals surface area contributed by atoms with Crippen LogP contribution in [-0.2, 0) is 49.5 Å². The lowest BCUT2D eigenvalue weighted by Crippen LogP contribution is -2.31. The number of nitrogens with zero attached hydrogens (tertiary/aromatic N) is 10. The Balaban J connectivity index is 0.000000156. The zero-order valence-electron chi connectivity index (χ0n) is 42.1. The molecule has 4 unspecified atom stereocenters. The van der Waals surface area contributed by atoms with Crippen LogP contribution >= 0.6 is 0 Å². The lowest BCUT2D eigenvalue weighted by atomic mass is 9.83. The van der Waals surface area contributed by atoms with Crippen LogP contribution < -0.4 is 30.9 Å². The van der Waals surface area contributed by atoms with Gasteiger partial charge in [-0.05, 0) is 139 Å². The average molecular weight is 1160 g/mol. The second-order valence-electron chi connectivity index (χ2n) is 18.1. The maximum Gasteiger partial charge on any atom is 0.442 e. The number of hydrogen-bond acceptors (Lipinski definition) is 24. The number of amidine groups is 2. The Hall–Kier alpha value is -7.88. The van der Waals surface area contributed by atoms with Crippen molar-refractivity contribution in [3.05, 3.63) is 127 Å². The highest BCUT2D eigenvalue weighted by Crippen LogP contribution is 2.40. The van der Waals surface area contributed by atoms with E-state index in [0.29, 0.717) is 49.8 Å². The van der Waals surface area contributed by atoms with Crippen LogP contribution in [-0.4, -0.2) is 131 Å². The van der Waals surface area contributed by atoms with Gasteiger partial charge in [0.25, 0.3) is 17.6 Å². The lowest BCUT2D eigenvalue weighted by molar-refractivity contribution is 0.232. The third-order valence-electron chi connectivity index (χ3n) is 12.1. The molecule has 0 saturated carbocycles. The molecule has 7 aromatic rings. The van der Waals surface area contributed by atoms with Crippen molar-refractivity contribution in [1.29, 1.82) is 9.56 Å². The minimum Gasteiger partial charge on any atom is -0.474 e. The lowest BCUT2D eigenvalue weighted by Gasteiger charge is -2.30. The fourth-order valence-electron chi connectivity index (χ4n) is 8.18. The van der Waals surface area contributed by atoms with E-state index in [1.807, 2.05) is 11.0 Å². The molecule has 0 saturated heterocycles. The van der Waals surface area contributed by atoms with E-state index in [1.165, 1.54) is 53.5 Å². The number of rotatable bonds is 21. The van der Waals surface area contributed by atoms with Gasteiger partial charge in [0.2, 0.25) is 22.9 Å². The van der Waals surface area contributed by atoms with Crippen molar-refractivity contribution in [2.24, 2.45) is 9.98 Å². The van der Waals surface area contributed by atoms with Gasteiger partial charge in [-0.15, -0.1) is 0 Å². The van der Waals surface area contributed by atoms with Crippen molar-refractivity contribution >= 4 is 41.9 Å². The summed E-state index contributed by atoms with van der Waals surface area (Å²) in [6.07, 6.45) is 7.40. The van der Waals surface area contributed by atoms with Gasteiger partial charge < -0.3 is 14.2 Å². The predicted molar refractivity (Wildman–Crippen MR) is 272 cm³/mol. The van der Waals surface area contributed by atoms with Gasteiger partial charge in [-0.25, -0.2) is 36.4 Å². The van der Waals surface area contributed by atoms with Crippen LogP contribution in [0.3, 0.4) is 0 Å². The van der Waals surface area contributed by atoms with Gasteiger partial charge in [-0.1, -0.05) is 23.4 Å². The molecule has 0 bridgehead atoms. The van der Waals surface area contributed by atoms with Crippen molar-refractivity contribution in [1.82, 2.24) is 51.6 Å². The Morgan fingerprint density at radius 2 is 1.13 bits per heavy atom. The van der Waals surface area contributed by atoms with Gasteiger partial charge in [0.1, 0.15) is 17.5 Å². The first kappa shape index (κ1) is 57.3. The topological polar surface area (TPSA) is 381 Å². The molecular weight excluding hydrogens is 1110 g/mol. The van der Waals surface area contributed by atoms with E-state index < -0.39 is 42.1 Å². The number of halogens is 3. The van der Waals surface area contributed by atoms with Gasteiger partial charge in [0, 0.05) is 66.3 Å². The predicted octanol–water partition coefficient (Wildman–Crippen LogP) is 4.67. The highest BCUT2D eigenvalue weighted by Gasteiger charge is 2.35. The summed E-state index contributed by atoms with van der Waals surface area (Å²) in [4.78, 5) is 20.8. The summed E-state index contributed by atoms with van der Waals surface area (Å²) < 4.78 is 125. The van der Waals surface area contributed by atoms with Crippen LogP contribution in [0, 0.1) is 27.0 Å². The zero-order chi connectivity index (χ0) is 56.4. The molecule has 0 radical (unpaired) electrons. The summed E-state index contributed by atoms with van der Waals surface area (Å²) in [5.74, 6) is -0.769. The van der Waals surface area contributed by atoms with E-state index in [4.69, 9.17) is 32.9 Å². The van der Waals surface area contributed by atoms with Crippen LogP contribution in [0.2, 0.25) is 0 Å². The van der Waals surface area contributed by atoms with Gasteiger partial charge in [-0.2, -0.15) is 0 Å². The molecular formula is C46H51F3N14O13S3. The minimum absolute atomic E-state index is 0.0108. The average Bonchev–Trinajstić information content (AvgIpc) is 4.32. The van der Waals surface area contributed by atoms with E-state index in [0.717, 1.165) is 27.8 Å². The number of aromatic nitrogens is 8. The highest BCUT2D eigenvalue weighted by atomic mass is 32.2. The molecule has 4 aromatic heterocycles. The number of nitrogens with one attached hydrogen (secondary N) is 4. The van der Waals surface area contributed by atoms with Gasteiger partial charge in [0.05, 0.1) is 37.9 Å². The van der Waals surface area contributed by atoms with E-state index in [1.54, 1.807) is 24.5 Å². The maximum atomic E-state index is 13.6. The first-order valence-corrected chi connectivity index (χ1v) is 29.8. The fourth-order valence-corrected chi connectivity index (χ4v) is 10.0. The highest BCUT2D eigenvalue weighted by molar-refractivity contribution is 7.91. The molecule has 3 aromatic carbocycles. The molecule has 79 heavy (non-hydrogen) atoms. The van der Waals surface area contributed by atoms with Crippen LogP contribution in [0.15, 0.2) is 87.8 Å². The smallest absolute Gasteiger partial charge is 0.442 e. The molecule has 3 aliphatic rings. The van der Waals surface area contributed by atoms with Gasteiger partial charge in [0.15, 0.2) is 11.7 Å². The summed E-state index contributed by atoms with van der Waals surface area (Å²) in [6, 6.07) is 12.4. The normalized spacial score (nSPS) is 17.9. The SMILES string of the molecule is CS(=O)CCCOc1nonc1-c1noc(=O)n1C1Cc2ccc(F)cc21.C[S@@](=N)(=O)CCCOc1nonc1C(=NC1Cc2ccc(F)cc21)NO.C[S@](=N)(=O)CCCOc1nonc1C(=NC1Cc2ccc(F)cc21)NO. The molecule has 27 nitrogen and oxygen atoms in total. The summed E-state index contributed by atoms with van der Waals surface area (Å²) in [5.41, 5.74) is 9.23. The first-order valence-electron chi connectivity index (χ1n) is 23.8. The number of hydrogen-bond donors (Lipinski definition) is 6.